The summed E-state index contributed by atoms with van der Waals surface area (Å²) in [5.41, 5.74) is 3.67. The van der Waals surface area contributed by atoms with Gasteiger partial charge in [-0.1, -0.05) is 28.1 Å². The van der Waals surface area contributed by atoms with Crippen LogP contribution >= 0.6 is 15.9 Å². The summed E-state index contributed by atoms with van der Waals surface area (Å²) in [4.78, 5) is 28.8. The molecule has 0 radical (unpaired) electrons. The summed E-state index contributed by atoms with van der Waals surface area (Å²) >= 11 is 3.52. The zero-order valence-corrected chi connectivity index (χ0v) is 18.5. The summed E-state index contributed by atoms with van der Waals surface area (Å²) in [6.45, 7) is 5.09. The number of benzene rings is 2. The van der Waals surface area contributed by atoms with Crippen LogP contribution in [0, 0.1) is 13.8 Å². The number of carbonyl (C=O) groups excluding carboxylic acids is 1. The lowest BCUT2D eigenvalue weighted by Crippen LogP contribution is -2.36. The van der Waals surface area contributed by atoms with Crippen LogP contribution in [0.25, 0.3) is 11.0 Å². The van der Waals surface area contributed by atoms with Crippen molar-refractivity contribution < 1.29 is 13.9 Å². The van der Waals surface area contributed by atoms with Crippen molar-refractivity contribution in [2.45, 2.75) is 38.8 Å². The Balaban J connectivity index is 1.73. The van der Waals surface area contributed by atoms with Gasteiger partial charge >= 0.3 is 0 Å². The van der Waals surface area contributed by atoms with Crippen LogP contribution in [-0.4, -0.2) is 30.1 Å². The number of hydrogen-bond acceptors (Lipinski definition) is 4. The molecule has 3 heterocycles. The number of hydrogen-bond donors (Lipinski definition) is 0. The highest BCUT2D eigenvalue weighted by atomic mass is 79.9. The Morgan fingerprint density at radius 1 is 1.13 bits per heavy atom. The molecule has 0 N–H and O–H groups in total. The average molecular weight is 468 g/mol. The largest absolute Gasteiger partial charge is 0.450 e. The Morgan fingerprint density at radius 3 is 2.67 bits per heavy atom. The van der Waals surface area contributed by atoms with E-state index in [0.29, 0.717) is 29.7 Å². The van der Waals surface area contributed by atoms with Crippen molar-refractivity contribution in [3.05, 3.63) is 79.1 Å². The molecule has 30 heavy (non-hydrogen) atoms. The van der Waals surface area contributed by atoms with E-state index in [0.717, 1.165) is 34.0 Å². The molecule has 2 unspecified atom stereocenters. The minimum atomic E-state index is -0.489. The van der Waals surface area contributed by atoms with Crippen LogP contribution in [0.15, 0.2) is 50.1 Å². The Bertz CT molecular complexity index is 1230. The second-order valence-electron chi connectivity index (χ2n) is 8.16. The van der Waals surface area contributed by atoms with Gasteiger partial charge in [0.2, 0.25) is 5.76 Å². The van der Waals surface area contributed by atoms with Gasteiger partial charge in [0.1, 0.15) is 5.58 Å². The van der Waals surface area contributed by atoms with Gasteiger partial charge in [-0.25, -0.2) is 0 Å². The highest BCUT2D eigenvalue weighted by Gasteiger charge is 2.44. The molecule has 1 saturated heterocycles. The van der Waals surface area contributed by atoms with Gasteiger partial charge in [0.15, 0.2) is 5.43 Å². The number of ether oxygens (including phenoxy) is 1. The first-order valence-corrected chi connectivity index (χ1v) is 11.0. The number of rotatable bonds is 3. The number of halogens is 1. The van der Waals surface area contributed by atoms with Gasteiger partial charge in [0.25, 0.3) is 5.91 Å². The quantitative estimate of drug-likeness (QED) is 0.549. The van der Waals surface area contributed by atoms with Crippen molar-refractivity contribution in [2.75, 3.05) is 13.2 Å². The Morgan fingerprint density at radius 2 is 1.93 bits per heavy atom. The Labute approximate surface area is 182 Å². The maximum Gasteiger partial charge on any atom is 0.291 e. The van der Waals surface area contributed by atoms with Crippen molar-refractivity contribution in [1.29, 1.82) is 0 Å². The SMILES string of the molecule is Cc1cc2oc3c(c(=O)c2cc1C)C(c1cccc(Br)c1)N(CC1CCCO1)C3=O. The van der Waals surface area contributed by atoms with Crippen LogP contribution in [0.1, 0.15) is 51.7 Å². The minimum absolute atomic E-state index is 0.0214. The van der Waals surface area contributed by atoms with Crippen molar-refractivity contribution in [3.63, 3.8) is 0 Å². The second-order valence-corrected chi connectivity index (χ2v) is 9.07. The summed E-state index contributed by atoms with van der Waals surface area (Å²) in [5, 5.41) is 0.517. The highest BCUT2D eigenvalue weighted by molar-refractivity contribution is 9.10. The minimum Gasteiger partial charge on any atom is -0.450 e. The van der Waals surface area contributed by atoms with E-state index in [2.05, 4.69) is 15.9 Å². The van der Waals surface area contributed by atoms with Gasteiger partial charge in [-0.05, 0) is 67.6 Å². The summed E-state index contributed by atoms with van der Waals surface area (Å²) < 4.78 is 12.8. The molecule has 1 aromatic heterocycles. The van der Waals surface area contributed by atoms with Crippen LogP contribution in [0.2, 0.25) is 0 Å². The lowest BCUT2D eigenvalue weighted by molar-refractivity contribution is 0.0486. The molecule has 0 bridgehead atoms. The summed E-state index contributed by atoms with van der Waals surface area (Å²) in [5.74, 6) is -0.0959. The molecular weight excluding hydrogens is 446 g/mol. The zero-order valence-electron chi connectivity index (χ0n) is 16.9. The van der Waals surface area contributed by atoms with Crippen LogP contribution in [0.4, 0.5) is 0 Å². The predicted molar refractivity (Wildman–Crippen MR) is 118 cm³/mol. The van der Waals surface area contributed by atoms with Gasteiger partial charge in [-0.2, -0.15) is 0 Å². The molecule has 5 rings (SSSR count). The molecule has 2 aliphatic rings. The first-order valence-electron chi connectivity index (χ1n) is 10.2. The van der Waals surface area contributed by atoms with Crippen molar-refractivity contribution >= 4 is 32.8 Å². The number of carbonyl (C=O) groups is 1. The number of nitrogens with zero attached hydrogens (tertiary/aromatic N) is 1. The van der Waals surface area contributed by atoms with Crippen molar-refractivity contribution in [1.82, 2.24) is 4.90 Å². The van der Waals surface area contributed by atoms with Crippen molar-refractivity contribution in [3.8, 4) is 0 Å². The molecule has 2 atom stereocenters. The third kappa shape index (κ3) is 3.10. The van der Waals surface area contributed by atoms with E-state index in [1.54, 1.807) is 4.90 Å². The third-order valence-corrected chi connectivity index (χ3v) is 6.66. The van der Waals surface area contributed by atoms with E-state index >= 15 is 0 Å². The smallest absolute Gasteiger partial charge is 0.291 e. The Kier molecular flexibility index (Phi) is 4.79. The van der Waals surface area contributed by atoms with Gasteiger partial charge in [0, 0.05) is 17.6 Å². The maximum absolute atomic E-state index is 13.6. The van der Waals surface area contributed by atoms with Gasteiger partial charge in [0.05, 0.1) is 23.1 Å². The molecule has 0 aliphatic carbocycles. The lowest BCUT2D eigenvalue weighted by atomic mass is 9.97. The molecule has 3 aromatic rings. The molecule has 2 aliphatic heterocycles. The fraction of sp³-hybridized carbons (Fsp3) is 0.333. The molecule has 0 saturated carbocycles. The molecule has 6 heteroatoms. The molecule has 5 nitrogen and oxygen atoms in total. The Hall–Kier alpha value is -2.44. The van der Waals surface area contributed by atoms with Crippen LogP contribution in [0.5, 0.6) is 0 Å². The summed E-state index contributed by atoms with van der Waals surface area (Å²) in [6, 6.07) is 11.0. The van der Waals surface area contributed by atoms with Crippen LogP contribution in [-0.2, 0) is 4.74 Å². The summed E-state index contributed by atoms with van der Waals surface area (Å²) in [7, 11) is 0. The van der Waals surface area contributed by atoms with E-state index in [4.69, 9.17) is 9.15 Å². The maximum atomic E-state index is 13.6. The van der Waals surface area contributed by atoms with Gasteiger partial charge in [-0.3, -0.25) is 9.59 Å². The van der Waals surface area contributed by atoms with Crippen LogP contribution in [0.3, 0.4) is 0 Å². The second kappa shape index (κ2) is 7.36. The lowest BCUT2D eigenvalue weighted by Gasteiger charge is -2.27. The monoisotopic (exact) mass is 467 g/mol. The fourth-order valence-electron chi connectivity index (χ4n) is 4.49. The number of amides is 1. The predicted octanol–water partition coefficient (Wildman–Crippen LogP) is 4.90. The number of fused-ring (bicyclic) bond motifs is 2. The first-order chi connectivity index (χ1) is 14.4. The molecule has 154 valence electrons. The number of aryl methyl sites for hydroxylation is 2. The normalized spacial score (nSPS) is 20.9. The van der Waals surface area contributed by atoms with E-state index in [-0.39, 0.29) is 23.2 Å². The topological polar surface area (TPSA) is 59.8 Å². The molecule has 0 spiro atoms. The highest BCUT2D eigenvalue weighted by Crippen LogP contribution is 2.39. The third-order valence-electron chi connectivity index (χ3n) is 6.17. The fourth-order valence-corrected chi connectivity index (χ4v) is 4.91. The van der Waals surface area contributed by atoms with Gasteiger partial charge in [-0.15, -0.1) is 0 Å². The van der Waals surface area contributed by atoms with Crippen molar-refractivity contribution in [2.24, 2.45) is 0 Å². The van der Waals surface area contributed by atoms with Crippen LogP contribution < -0.4 is 5.43 Å². The summed E-state index contributed by atoms with van der Waals surface area (Å²) in [6.07, 6.45) is 1.88. The first kappa shape index (κ1) is 19.5. The zero-order chi connectivity index (χ0) is 21.0. The van der Waals surface area contributed by atoms with E-state index in [9.17, 15) is 9.59 Å². The molecule has 1 amide bonds. The molecule has 1 fully saturated rings. The van der Waals surface area contributed by atoms with Gasteiger partial charge < -0.3 is 14.1 Å². The van der Waals surface area contributed by atoms with E-state index < -0.39 is 6.04 Å². The average Bonchev–Trinajstić information content (AvgIpc) is 3.32. The molecule has 2 aromatic carbocycles. The molecular formula is C24H22BrNO4. The van der Waals surface area contributed by atoms with E-state index in [1.807, 2.05) is 50.2 Å². The standard InChI is InChI=1S/C24H22BrNO4/c1-13-9-18-19(10-14(13)2)30-23-20(22(18)27)21(15-5-3-6-16(25)11-15)26(24(23)28)12-17-7-4-8-29-17/h3,5-6,9-11,17,21H,4,7-8,12H2,1-2H3. The van der Waals surface area contributed by atoms with E-state index in [1.165, 1.54) is 0 Å².